The number of anilines is 1. The van der Waals surface area contributed by atoms with Gasteiger partial charge < -0.3 is 20.1 Å². The summed E-state index contributed by atoms with van der Waals surface area (Å²) in [7, 11) is 0. The maximum Gasteiger partial charge on any atom is 0.242 e. The van der Waals surface area contributed by atoms with E-state index in [1.807, 2.05) is 66.1 Å². The number of nitrogens with one attached hydrogen (secondary N) is 2. The van der Waals surface area contributed by atoms with Crippen LogP contribution in [0.3, 0.4) is 0 Å². The molecule has 0 bridgehead atoms. The van der Waals surface area contributed by atoms with Crippen LogP contribution in [0.4, 0.5) is 5.69 Å². The SMILES string of the molecule is CCC(=O)N1CCc2c(cccc2NCC(=O)N(Cc2ccccc2)C(C)c2ncc[nH]2)C1. The van der Waals surface area contributed by atoms with Gasteiger partial charge in [-0.3, -0.25) is 9.59 Å². The number of H-pyrrole nitrogens is 1. The summed E-state index contributed by atoms with van der Waals surface area (Å²) >= 11 is 0. The third-order valence-corrected chi connectivity index (χ3v) is 6.25. The second-order valence-corrected chi connectivity index (χ2v) is 8.37. The molecule has 0 saturated carbocycles. The maximum absolute atomic E-state index is 13.4. The highest BCUT2D eigenvalue weighted by Gasteiger charge is 2.25. The van der Waals surface area contributed by atoms with Gasteiger partial charge in [0.05, 0.1) is 12.6 Å². The van der Waals surface area contributed by atoms with Crippen LogP contribution in [0.25, 0.3) is 0 Å². The van der Waals surface area contributed by atoms with Crippen molar-refractivity contribution in [2.75, 3.05) is 18.4 Å². The van der Waals surface area contributed by atoms with E-state index in [9.17, 15) is 9.59 Å². The Kier molecular flexibility index (Phi) is 7.07. The minimum atomic E-state index is -0.187. The highest BCUT2D eigenvalue weighted by atomic mass is 16.2. The summed E-state index contributed by atoms with van der Waals surface area (Å²) in [5, 5.41) is 3.37. The second kappa shape index (κ2) is 10.3. The van der Waals surface area contributed by atoms with Crippen LogP contribution >= 0.6 is 0 Å². The van der Waals surface area contributed by atoms with E-state index in [-0.39, 0.29) is 24.4 Å². The van der Waals surface area contributed by atoms with Crippen molar-refractivity contribution in [2.24, 2.45) is 0 Å². The molecule has 2 amide bonds. The number of nitrogens with zero attached hydrogens (tertiary/aromatic N) is 3. The number of benzene rings is 2. The van der Waals surface area contributed by atoms with Crippen LogP contribution in [0.5, 0.6) is 0 Å². The third-order valence-electron chi connectivity index (χ3n) is 6.25. The summed E-state index contributed by atoms with van der Waals surface area (Å²) in [6, 6.07) is 15.9. The van der Waals surface area contributed by atoms with Crippen LogP contribution in [0, 0.1) is 0 Å². The Bertz CT molecular complexity index is 1080. The quantitative estimate of drug-likeness (QED) is 0.551. The van der Waals surface area contributed by atoms with Gasteiger partial charge in [0, 0.05) is 44.1 Å². The number of carbonyl (C=O) groups excluding carboxylic acids is 2. The molecule has 1 atom stereocenters. The Hall–Kier alpha value is -3.61. The van der Waals surface area contributed by atoms with Crippen molar-refractivity contribution in [3.63, 3.8) is 0 Å². The van der Waals surface area contributed by atoms with E-state index in [0.717, 1.165) is 29.1 Å². The zero-order valence-electron chi connectivity index (χ0n) is 19.3. The fourth-order valence-electron chi connectivity index (χ4n) is 4.36. The molecule has 0 radical (unpaired) electrons. The summed E-state index contributed by atoms with van der Waals surface area (Å²) < 4.78 is 0. The van der Waals surface area contributed by atoms with Crippen molar-refractivity contribution in [3.8, 4) is 0 Å². The van der Waals surface area contributed by atoms with Gasteiger partial charge in [0.1, 0.15) is 5.82 Å². The fourth-order valence-corrected chi connectivity index (χ4v) is 4.36. The standard InChI is InChI=1S/C26H31N5O2/c1-3-24(32)30-15-12-22-21(18-30)10-7-11-23(22)29-16-25(33)31(17-20-8-5-4-6-9-20)19(2)26-27-13-14-28-26/h4-11,13-14,19,29H,3,12,15-18H2,1-2H3,(H,27,28). The molecule has 172 valence electrons. The average molecular weight is 446 g/mol. The summed E-state index contributed by atoms with van der Waals surface area (Å²) in [5.41, 5.74) is 4.38. The van der Waals surface area contributed by atoms with Crippen LogP contribution in [0.2, 0.25) is 0 Å². The first-order chi connectivity index (χ1) is 16.1. The zero-order chi connectivity index (χ0) is 23.2. The molecule has 2 aromatic carbocycles. The molecule has 7 nitrogen and oxygen atoms in total. The molecular weight excluding hydrogens is 414 g/mol. The minimum absolute atomic E-state index is 0.000970. The predicted octanol–water partition coefficient (Wildman–Crippen LogP) is 3.91. The number of fused-ring (bicyclic) bond motifs is 1. The van der Waals surface area contributed by atoms with Gasteiger partial charge in [0.25, 0.3) is 0 Å². The van der Waals surface area contributed by atoms with Crippen molar-refractivity contribution >= 4 is 17.5 Å². The molecule has 1 aliphatic heterocycles. The lowest BCUT2D eigenvalue weighted by Crippen LogP contribution is -2.38. The van der Waals surface area contributed by atoms with Gasteiger partial charge in [-0.15, -0.1) is 0 Å². The molecule has 0 spiro atoms. The van der Waals surface area contributed by atoms with Crippen molar-refractivity contribution in [2.45, 2.75) is 45.8 Å². The van der Waals surface area contributed by atoms with E-state index >= 15 is 0 Å². The van der Waals surface area contributed by atoms with E-state index in [2.05, 4.69) is 21.4 Å². The molecular formula is C26H31N5O2. The molecule has 0 saturated heterocycles. The highest BCUT2D eigenvalue weighted by molar-refractivity contribution is 5.82. The molecule has 2 N–H and O–H groups in total. The molecule has 1 aromatic heterocycles. The van der Waals surface area contributed by atoms with E-state index in [1.54, 1.807) is 12.4 Å². The topological polar surface area (TPSA) is 81.3 Å². The number of hydrogen-bond acceptors (Lipinski definition) is 4. The van der Waals surface area contributed by atoms with Crippen LogP contribution < -0.4 is 5.32 Å². The van der Waals surface area contributed by atoms with Gasteiger partial charge >= 0.3 is 0 Å². The molecule has 0 fully saturated rings. The van der Waals surface area contributed by atoms with Crippen LogP contribution in [-0.4, -0.2) is 44.7 Å². The minimum Gasteiger partial charge on any atom is -0.376 e. The van der Waals surface area contributed by atoms with Gasteiger partial charge in [-0.2, -0.15) is 0 Å². The van der Waals surface area contributed by atoms with Gasteiger partial charge in [-0.05, 0) is 36.1 Å². The first-order valence-electron chi connectivity index (χ1n) is 11.5. The van der Waals surface area contributed by atoms with Crippen molar-refractivity contribution in [1.29, 1.82) is 0 Å². The van der Waals surface area contributed by atoms with Gasteiger partial charge in [0.15, 0.2) is 0 Å². The summed E-state index contributed by atoms with van der Waals surface area (Å²) in [6.07, 6.45) is 4.79. The lowest BCUT2D eigenvalue weighted by atomic mass is 9.97. The van der Waals surface area contributed by atoms with Crippen LogP contribution in [-0.2, 0) is 29.1 Å². The maximum atomic E-state index is 13.4. The Morgan fingerprint density at radius 1 is 1.18 bits per heavy atom. The number of imidazole rings is 1. The first-order valence-corrected chi connectivity index (χ1v) is 11.5. The van der Waals surface area contributed by atoms with Gasteiger partial charge in [0.2, 0.25) is 11.8 Å². The normalized spacial score (nSPS) is 13.8. The Morgan fingerprint density at radius 3 is 2.73 bits per heavy atom. The lowest BCUT2D eigenvalue weighted by molar-refractivity contribution is -0.132. The predicted molar refractivity (Wildman–Crippen MR) is 128 cm³/mol. The Morgan fingerprint density at radius 2 is 2.00 bits per heavy atom. The second-order valence-electron chi connectivity index (χ2n) is 8.37. The van der Waals surface area contributed by atoms with Crippen LogP contribution in [0.1, 0.15) is 48.8 Å². The lowest BCUT2D eigenvalue weighted by Gasteiger charge is -2.31. The van der Waals surface area contributed by atoms with Crippen molar-refractivity contribution in [3.05, 3.63) is 83.4 Å². The summed E-state index contributed by atoms with van der Waals surface area (Å²) in [5.74, 6) is 0.939. The number of rotatable bonds is 8. The number of amides is 2. The molecule has 0 aliphatic carbocycles. The highest BCUT2D eigenvalue weighted by Crippen LogP contribution is 2.27. The first kappa shape index (κ1) is 22.6. The number of aromatic amines is 1. The zero-order valence-corrected chi connectivity index (χ0v) is 19.3. The molecule has 2 heterocycles. The molecule has 3 aromatic rings. The summed E-state index contributed by atoms with van der Waals surface area (Å²) in [6.45, 7) is 5.91. The number of hydrogen-bond donors (Lipinski definition) is 2. The van der Waals surface area contributed by atoms with E-state index in [4.69, 9.17) is 0 Å². The van der Waals surface area contributed by atoms with Crippen molar-refractivity contribution in [1.82, 2.24) is 19.8 Å². The number of aromatic nitrogens is 2. The Balaban J connectivity index is 1.48. The van der Waals surface area contributed by atoms with Gasteiger partial charge in [-0.25, -0.2) is 4.98 Å². The number of carbonyl (C=O) groups is 2. The molecule has 33 heavy (non-hydrogen) atoms. The largest absolute Gasteiger partial charge is 0.376 e. The molecule has 4 rings (SSSR count). The monoisotopic (exact) mass is 445 g/mol. The average Bonchev–Trinajstić information content (AvgIpc) is 3.40. The molecule has 7 heteroatoms. The summed E-state index contributed by atoms with van der Waals surface area (Å²) in [4.78, 5) is 36.7. The van der Waals surface area contributed by atoms with Crippen LogP contribution in [0.15, 0.2) is 60.9 Å². The van der Waals surface area contributed by atoms with E-state index in [0.29, 0.717) is 26.1 Å². The Labute approximate surface area is 194 Å². The van der Waals surface area contributed by atoms with Gasteiger partial charge in [-0.1, -0.05) is 49.4 Å². The van der Waals surface area contributed by atoms with Crippen molar-refractivity contribution < 1.29 is 9.59 Å². The van der Waals surface area contributed by atoms with E-state index < -0.39 is 0 Å². The molecule has 1 aliphatic rings. The molecule has 1 unspecified atom stereocenters. The fraction of sp³-hybridized carbons (Fsp3) is 0.346. The third kappa shape index (κ3) is 5.25. The van der Waals surface area contributed by atoms with E-state index in [1.165, 1.54) is 5.56 Å². The smallest absolute Gasteiger partial charge is 0.242 e.